The Labute approximate surface area is 74.9 Å². The summed E-state index contributed by atoms with van der Waals surface area (Å²) >= 11 is 0.172. The van der Waals surface area contributed by atoms with Gasteiger partial charge in [-0.05, 0) is 0 Å². The van der Waals surface area contributed by atoms with Crippen molar-refractivity contribution in [3.8, 4) is 0 Å². The average molecular weight is 260 g/mol. The second-order valence-electron chi connectivity index (χ2n) is 2.15. The summed E-state index contributed by atoms with van der Waals surface area (Å²) in [5.74, 6) is 0. The van der Waals surface area contributed by atoms with Crippen molar-refractivity contribution < 1.29 is 25.6 Å². The van der Waals surface area contributed by atoms with Crippen LogP contribution in [0.1, 0.15) is 0 Å². The molecule has 0 saturated carbocycles. The van der Waals surface area contributed by atoms with E-state index in [-0.39, 0.29) is 21.2 Å². The van der Waals surface area contributed by atoms with Crippen molar-refractivity contribution in [3.05, 3.63) is 28.2 Å². The molecule has 2 nitrogen and oxygen atoms in total. The minimum atomic E-state index is 0.172. The average Bonchev–Trinajstić information content (AvgIpc) is 2.50. The van der Waals surface area contributed by atoms with E-state index < -0.39 is 0 Å². The number of oxazole rings is 1. The van der Waals surface area contributed by atoms with Crippen LogP contribution in [0.5, 0.6) is 0 Å². The van der Waals surface area contributed by atoms with Gasteiger partial charge in [0.25, 0.3) is 0 Å². The number of nitrogens with zero attached hydrogens (tertiary/aromatic N) is 1. The summed E-state index contributed by atoms with van der Waals surface area (Å²) in [6, 6.07) is 6.20. The number of alkyl halides is 1. The molecule has 0 unspecified atom stereocenters. The summed E-state index contributed by atoms with van der Waals surface area (Å²) in [6.45, 7) is 0. The molecule has 0 radical (unpaired) electrons. The van der Waals surface area contributed by atoms with Crippen LogP contribution in [0.15, 0.2) is 29.0 Å². The van der Waals surface area contributed by atoms with E-state index in [9.17, 15) is 0 Å². The summed E-state index contributed by atoms with van der Waals surface area (Å²) < 4.78 is 6.53. The van der Waals surface area contributed by atoms with Crippen LogP contribution < -0.4 is 21.2 Å². The first-order chi connectivity index (χ1) is 5.40. The Balaban J connectivity index is 2.67. The van der Waals surface area contributed by atoms with E-state index in [0.29, 0.717) is 0 Å². The maximum atomic E-state index is 5.12. The van der Waals surface area contributed by atoms with Crippen LogP contribution in [-0.2, 0) is 0 Å². The molecule has 58 valence electrons. The van der Waals surface area contributed by atoms with Crippen molar-refractivity contribution in [2.45, 2.75) is 0 Å². The number of rotatable bonds is 1. The summed E-state index contributed by atoms with van der Waals surface area (Å²) in [6.07, 6.45) is 1.49. The molecule has 0 spiro atoms. The Hall–Kier alpha value is -0.580. The van der Waals surface area contributed by atoms with Crippen LogP contribution in [0.4, 0.5) is 0 Å². The quantitative estimate of drug-likeness (QED) is 0.471. The summed E-state index contributed by atoms with van der Waals surface area (Å²) in [5, 5.41) is 0. The zero-order chi connectivity index (χ0) is 7.68. The van der Waals surface area contributed by atoms with Gasteiger partial charge in [0.1, 0.15) is 0 Å². The number of fused-ring (bicyclic) bond motifs is 1. The molecule has 0 fully saturated rings. The van der Waals surface area contributed by atoms with Crippen LogP contribution in [-0.4, -0.2) is 9.91 Å². The van der Waals surface area contributed by atoms with Gasteiger partial charge in [-0.1, -0.05) is 0 Å². The van der Waals surface area contributed by atoms with Gasteiger partial charge in [0.05, 0.1) is 0 Å². The van der Waals surface area contributed by atoms with Crippen LogP contribution >= 0.6 is 0 Å². The van der Waals surface area contributed by atoms with Gasteiger partial charge in [0.2, 0.25) is 0 Å². The third-order valence-corrected chi connectivity index (χ3v) is 3.43. The molecule has 2 aromatic rings. The summed E-state index contributed by atoms with van der Waals surface area (Å²) in [5.41, 5.74) is 1.86. The van der Waals surface area contributed by atoms with E-state index in [0.717, 1.165) is 11.1 Å². The van der Waals surface area contributed by atoms with Gasteiger partial charge in [-0.25, -0.2) is 0 Å². The third kappa shape index (κ3) is 1.24. The molecule has 0 N–H and O–H groups in total. The van der Waals surface area contributed by atoms with Crippen LogP contribution in [0.2, 0.25) is 0 Å². The molecular formula is C8H7INO-. The Morgan fingerprint density at radius 3 is 3.18 bits per heavy atom. The van der Waals surface area contributed by atoms with E-state index in [1.54, 1.807) is 0 Å². The first-order valence-corrected chi connectivity index (χ1v) is 6.46. The molecule has 0 saturated heterocycles. The van der Waals surface area contributed by atoms with Crippen molar-refractivity contribution in [2.75, 3.05) is 4.93 Å². The van der Waals surface area contributed by atoms with Crippen molar-refractivity contribution in [2.24, 2.45) is 0 Å². The molecule has 0 aliphatic heterocycles. The molecule has 0 aliphatic carbocycles. The fourth-order valence-corrected chi connectivity index (χ4v) is 2.09. The van der Waals surface area contributed by atoms with Crippen molar-refractivity contribution >= 4 is 11.1 Å². The van der Waals surface area contributed by atoms with Crippen molar-refractivity contribution in [3.63, 3.8) is 0 Å². The van der Waals surface area contributed by atoms with Gasteiger partial charge in [0.15, 0.2) is 0 Å². The first-order valence-electron chi connectivity index (χ1n) is 3.23. The Kier molecular flexibility index (Phi) is 1.81. The molecule has 1 aromatic carbocycles. The number of aromatic nitrogens is 1. The molecule has 2 rings (SSSR count). The molecule has 0 atom stereocenters. The Morgan fingerprint density at radius 1 is 1.45 bits per heavy atom. The second kappa shape index (κ2) is 2.81. The van der Waals surface area contributed by atoms with Crippen LogP contribution in [0, 0.1) is 3.57 Å². The minimum absolute atomic E-state index is 0.172. The molecule has 0 aliphatic rings. The number of halogens is 1. The second-order valence-corrected chi connectivity index (χ2v) is 4.48. The summed E-state index contributed by atoms with van der Waals surface area (Å²) in [4.78, 5) is 6.31. The topological polar surface area (TPSA) is 26.0 Å². The molecular weight excluding hydrogens is 253 g/mol. The normalized spacial score (nSPS) is 11.0. The zero-order valence-electron chi connectivity index (χ0n) is 6.04. The summed E-state index contributed by atoms with van der Waals surface area (Å²) in [7, 11) is 0. The molecule has 11 heavy (non-hydrogen) atoms. The monoisotopic (exact) mass is 260 g/mol. The van der Waals surface area contributed by atoms with Gasteiger partial charge in [0, 0.05) is 0 Å². The molecule has 0 amide bonds. The SMILES string of the molecule is C[I-]c1ccc2ocnc2c1. The number of hydrogen-bond acceptors (Lipinski definition) is 2. The molecule has 1 heterocycles. The third-order valence-electron chi connectivity index (χ3n) is 1.51. The van der Waals surface area contributed by atoms with Crippen molar-refractivity contribution in [1.82, 2.24) is 4.98 Å². The predicted molar refractivity (Wildman–Crippen MR) is 38.6 cm³/mol. The fourth-order valence-electron chi connectivity index (χ4n) is 0.949. The van der Waals surface area contributed by atoms with Crippen LogP contribution in [0.3, 0.4) is 0 Å². The van der Waals surface area contributed by atoms with E-state index in [1.165, 1.54) is 9.96 Å². The van der Waals surface area contributed by atoms with E-state index in [2.05, 4.69) is 22.0 Å². The predicted octanol–water partition coefficient (Wildman–Crippen LogP) is -1.28. The van der Waals surface area contributed by atoms with Gasteiger partial charge in [-0.2, -0.15) is 0 Å². The first kappa shape index (κ1) is 7.09. The molecule has 0 bridgehead atoms. The van der Waals surface area contributed by atoms with Crippen molar-refractivity contribution in [1.29, 1.82) is 0 Å². The van der Waals surface area contributed by atoms with E-state index >= 15 is 0 Å². The van der Waals surface area contributed by atoms with Gasteiger partial charge >= 0.3 is 74.8 Å². The van der Waals surface area contributed by atoms with Gasteiger partial charge in [-0.3, -0.25) is 0 Å². The van der Waals surface area contributed by atoms with Gasteiger partial charge < -0.3 is 0 Å². The van der Waals surface area contributed by atoms with E-state index in [4.69, 9.17) is 4.42 Å². The molecule has 1 aromatic heterocycles. The maximum absolute atomic E-state index is 5.12. The van der Waals surface area contributed by atoms with E-state index in [1.807, 2.05) is 6.07 Å². The molecule has 3 heteroatoms. The van der Waals surface area contributed by atoms with Gasteiger partial charge in [-0.15, -0.1) is 0 Å². The number of hydrogen-bond donors (Lipinski definition) is 0. The number of benzene rings is 1. The fraction of sp³-hybridized carbons (Fsp3) is 0.125. The zero-order valence-corrected chi connectivity index (χ0v) is 8.20. The van der Waals surface area contributed by atoms with Crippen LogP contribution in [0.25, 0.3) is 11.1 Å². The Bertz CT molecular complexity index is 369. The standard InChI is InChI=1S/C8H7INO/c1-9-6-2-3-8-7(4-6)10-5-11-8/h2-5H,1H3/q-1. The Morgan fingerprint density at radius 2 is 2.36 bits per heavy atom.